The van der Waals surface area contributed by atoms with Crippen molar-refractivity contribution in [3.05, 3.63) is 58.5 Å². The van der Waals surface area contributed by atoms with Gasteiger partial charge in [0.15, 0.2) is 0 Å². The first-order valence-corrected chi connectivity index (χ1v) is 6.67. The molecule has 1 heterocycles. The van der Waals surface area contributed by atoms with Gasteiger partial charge in [0.1, 0.15) is 11.5 Å². The fourth-order valence-corrected chi connectivity index (χ4v) is 2.37. The molecule has 106 valence electrons. The van der Waals surface area contributed by atoms with Crippen molar-refractivity contribution in [2.45, 2.75) is 33.4 Å². The van der Waals surface area contributed by atoms with Gasteiger partial charge in [0.25, 0.3) is 0 Å². The summed E-state index contributed by atoms with van der Waals surface area (Å²) in [4.78, 5) is 11.4. The van der Waals surface area contributed by atoms with Crippen molar-refractivity contribution < 1.29 is 9.21 Å². The Kier molecular flexibility index (Phi) is 4.25. The van der Waals surface area contributed by atoms with Crippen molar-refractivity contribution in [2.24, 2.45) is 5.73 Å². The average Bonchev–Trinajstić information content (AvgIpc) is 2.75. The first-order valence-electron chi connectivity index (χ1n) is 6.67. The van der Waals surface area contributed by atoms with Gasteiger partial charge in [0, 0.05) is 23.7 Å². The Labute approximate surface area is 119 Å². The van der Waals surface area contributed by atoms with Crippen LogP contribution in [0.15, 0.2) is 34.7 Å². The highest BCUT2D eigenvalue weighted by atomic mass is 16.3. The highest BCUT2D eigenvalue weighted by molar-refractivity contribution is 5.94. The Hall–Kier alpha value is -2.07. The quantitative estimate of drug-likeness (QED) is 0.879. The molecular weight excluding hydrogens is 252 g/mol. The molecule has 2 rings (SSSR count). The topological polar surface area (TPSA) is 68.3 Å². The van der Waals surface area contributed by atoms with Crippen LogP contribution in [0.2, 0.25) is 0 Å². The van der Waals surface area contributed by atoms with E-state index in [0.717, 1.165) is 22.6 Å². The Balaban J connectivity index is 2.09. The number of primary amides is 1. The second-order valence-corrected chi connectivity index (χ2v) is 4.99. The normalized spacial score (nSPS) is 12.3. The van der Waals surface area contributed by atoms with E-state index in [2.05, 4.69) is 12.2 Å². The first kappa shape index (κ1) is 14.3. The summed E-state index contributed by atoms with van der Waals surface area (Å²) < 4.78 is 5.54. The lowest BCUT2D eigenvalue weighted by Crippen LogP contribution is -2.21. The molecule has 20 heavy (non-hydrogen) atoms. The highest BCUT2D eigenvalue weighted by Crippen LogP contribution is 2.21. The maximum atomic E-state index is 11.4. The summed E-state index contributed by atoms with van der Waals surface area (Å²) in [5.41, 5.74) is 7.99. The number of nitrogens with one attached hydrogen (secondary N) is 1. The average molecular weight is 272 g/mol. The van der Waals surface area contributed by atoms with Gasteiger partial charge >= 0.3 is 0 Å². The Morgan fingerprint density at radius 2 is 2.05 bits per heavy atom. The third-order valence-electron chi connectivity index (χ3n) is 3.43. The summed E-state index contributed by atoms with van der Waals surface area (Å²) in [6, 6.07) is 9.56. The van der Waals surface area contributed by atoms with Gasteiger partial charge in [-0.1, -0.05) is 18.2 Å². The maximum Gasteiger partial charge on any atom is 0.249 e. The molecule has 0 aliphatic rings. The molecule has 1 aromatic heterocycles. The molecule has 0 aliphatic heterocycles. The predicted octanol–water partition coefficient (Wildman–Crippen LogP) is 2.85. The van der Waals surface area contributed by atoms with Crippen molar-refractivity contribution in [2.75, 3.05) is 0 Å². The van der Waals surface area contributed by atoms with Gasteiger partial charge in [-0.15, -0.1) is 0 Å². The number of rotatable bonds is 5. The fraction of sp³-hybridized carbons (Fsp3) is 0.312. The van der Waals surface area contributed by atoms with Crippen molar-refractivity contribution in [3.63, 3.8) is 0 Å². The molecule has 2 aromatic rings. The zero-order valence-corrected chi connectivity index (χ0v) is 12.1. The standard InChI is InChI=1S/C16H20N2O2/c1-10-8-15(12(3)20-10)11(2)18-9-13-6-4-5-7-14(13)16(17)19/h4-8,11,18H,9H2,1-3H3,(H2,17,19). The number of carbonyl (C=O) groups excluding carboxylic acids is 1. The molecule has 0 aliphatic carbocycles. The molecule has 1 atom stereocenters. The summed E-state index contributed by atoms with van der Waals surface area (Å²) in [7, 11) is 0. The molecule has 1 aromatic carbocycles. The molecule has 1 unspecified atom stereocenters. The van der Waals surface area contributed by atoms with Crippen LogP contribution in [-0.2, 0) is 6.54 Å². The van der Waals surface area contributed by atoms with Gasteiger partial charge in [-0.25, -0.2) is 0 Å². The van der Waals surface area contributed by atoms with Crippen LogP contribution in [0.25, 0.3) is 0 Å². The van der Waals surface area contributed by atoms with Crippen LogP contribution < -0.4 is 11.1 Å². The van der Waals surface area contributed by atoms with E-state index in [4.69, 9.17) is 10.2 Å². The number of furan rings is 1. The van der Waals surface area contributed by atoms with E-state index >= 15 is 0 Å². The lowest BCUT2D eigenvalue weighted by atomic mass is 10.1. The molecule has 4 nitrogen and oxygen atoms in total. The summed E-state index contributed by atoms with van der Waals surface area (Å²) in [5, 5.41) is 3.40. The zero-order valence-electron chi connectivity index (χ0n) is 12.1. The summed E-state index contributed by atoms with van der Waals surface area (Å²) >= 11 is 0. The van der Waals surface area contributed by atoms with Gasteiger partial charge < -0.3 is 15.5 Å². The van der Waals surface area contributed by atoms with Gasteiger partial charge in [0.2, 0.25) is 5.91 Å². The predicted molar refractivity (Wildman–Crippen MR) is 78.4 cm³/mol. The molecule has 0 saturated heterocycles. The number of aryl methyl sites for hydroxylation is 2. The van der Waals surface area contributed by atoms with Crippen LogP contribution in [-0.4, -0.2) is 5.91 Å². The lowest BCUT2D eigenvalue weighted by molar-refractivity contribution is 0.0999. The second kappa shape index (κ2) is 5.92. The number of nitrogens with two attached hydrogens (primary N) is 1. The molecule has 0 fully saturated rings. The Morgan fingerprint density at radius 1 is 1.35 bits per heavy atom. The van der Waals surface area contributed by atoms with E-state index in [-0.39, 0.29) is 6.04 Å². The number of carbonyl (C=O) groups is 1. The third kappa shape index (κ3) is 3.08. The molecule has 0 spiro atoms. The summed E-state index contributed by atoms with van der Waals surface area (Å²) in [5.74, 6) is 1.43. The van der Waals surface area contributed by atoms with E-state index in [0.29, 0.717) is 12.1 Å². The van der Waals surface area contributed by atoms with Crippen LogP contribution in [0.5, 0.6) is 0 Å². The van der Waals surface area contributed by atoms with Gasteiger partial charge in [-0.3, -0.25) is 4.79 Å². The van der Waals surface area contributed by atoms with Crippen molar-refractivity contribution in [3.8, 4) is 0 Å². The van der Waals surface area contributed by atoms with Crippen molar-refractivity contribution in [1.29, 1.82) is 0 Å². The Morgan fingerprint density at radius 3 is 2.65 bits per heavy atom. The van der Waals surface area contributed by atoms with Gasteiger partial charge in [-0.05, 0) is 38.5 Å². The fourth-order valence-electron chi connectivity index (χ4n) is 2.37. The van der Waals surface area contributed by atoms with Gasteiger partial charge in [-0.2, -0.15) is 0 Å². The zero-order chi connectivity index (χ0) is 14.7. The smallest absolute Gasteiger partial charge is 0.249 e. The molecular formula is C16H20N2O2. The number of amides is 1. The van der Waals surface area contributed by atoms with Crippen molar-refractivity contribution in [1.82, 2.24) is 5.32 Å². The van der Waals surface area contributed by atoms with E-state index < -0.39 is 5.91 Å². The Bertz CT molecular complexity index is 617. The number of hydrogen-bond acceptors (Lipinski definition) is 3. The van der Waals surface area contributed by atoms with Crippen LogP contribution in [0.3, 0.4) is 0 Å². The highest BCUT2D eigenvalue weighted by Gasteiger charge is 2.13. The van der Waals surface area contributed by atoms with E-state index in [1.54, 1.807) is 6.07 Å². The number of hydrogen-bond donors (Lipinski definition) is 2. The molecule has 0 bridgehead atoms. The van der Waals surface area contributed by atoms with Crippen LogP contribution in [0, 0.1) is 13.8 Å². The monoisotopic (exact) mass is 272 g/mol. The molecule has 3 N–H and O–H groups in total. The minimum Gasteiger partial charge on any atom is -0.466 e. The maximum absolute atomic E-state index is 11.4. The minimum atomic E-state index is -0.398. The molecule has 0 saturated carbocycles. The van der Waals surface area contributed by atoms with E-state index in [1.807, 2.05) is 38.1 Å². The summed E-state index contributed by atoms with van der Waals surface area (Å²) in [6.45, 7) is 6.55. The van der Waals surface area contributed by atoms with Crippen molar-refractivity contribution >= 4 is 5.91 Å². The molecule has 4 heteroatoms. The van der Waals surface area contributed by atoms with E-state index in [1.165, 1.54) is 0 Å². The molecule has 0 radical (unpaired) electrons. The third-order valence-corrected chi connectivity index (χ3v) is 3.43. The first-order chi connectivity index (χ1) is 9.49. The largest absolute Gasteiger partial charge is 0.466 e. The molecule has 1 amide bonds. The van der Waals surface area contributed by atoms with E-state index in [9.17, 15) is 4.79 Å². The lowest BCUT2D eigenvalue weighted by Gasteiger charge is -2.14. The summed E-state index contributed by atoms with van der Waals surface area (Å²) in [6.07, 6.45) is 0. The van der Waals surface area contributed by atoms with Crippen LogP contribution in [0.4, 0.5) is 0 Å². The van der Waals surface area contributed by atoms with Crippen LogP contribution in [0.1, 0.15) is 46.0 Å². The second-order valence-electron chi connectivity index (χ2n) is 4.99. The number of benzene rings is 1. The minimum absolute atomic E-state index is 0.147. The SMILES string of the molecule is Cc1cc(C(C)NCc2ccccc2C(N)=O)c(C)o1. The van der Waals surface area contributed by atoms with Crippen LogP contribution >= 0.6 is 0 Å². The van der Waals surface area contributed by atoms with Gasteiger partial charge in [0.05, 0.1) is 0 Å².